The number of rotatable bonds is 7. The fraction of sp³-hybridized carbons (Fsp3) is 0.412. The van der Waals surface area contributed by atoms with Gasteiger partial charge in [-0.25, -0.2) is 0 Å². The Labute approximate surface area is 125 Å². The molecule has 1 heterocycles. The molecule has 0 radical (unpaired) electrons. The lowest BCUT2D eigenvalue weighted by atomic mass is 10.2. The summed E-state index contributed by atoms with van der Waals surface area (Å²) in [5.74, 6) is 0.939. The highest BCUT2D eigenvalue weighted by Gasteiger charge is 2.08. The molecule has 20 heavy (non-hydrogen) atoms. The third-order valence-corrected chi connectivity index (χ3v) is 4.58. The van der Waals surface area contributed by atoms with Crippen molar-refractivity contribution in [3.63, 3.8) is 0 Å². The van der Waals surface area contributed by atoms with Crippen LogP contribution < -0.4 is 10.1 Å². The number of nitrogens with one attached hydrogen (secondary N) is 1. The van der Waals surface area contributed by atoms with Crippen molar-refractivity contribution in [1.29, 1.82) is 0 Å². The average Bonchev–Trinajstić information content (AvgIpc) is 2.95. The molecule has 2 aromatic rings. The SMILES string of the molecule is CCCOc1ccc(NC(C)c2ccc(CC)s2)cc1. The lowest BCUT2D eigenvalue weighted by molar-refractivity contribution is 0.317. The molecule has 108 valence electrons. The second-order valence-electron chi connectivity index (χ2n) is 4.90. The number of hydrogen-bond acceptors (Lipinski definition) is 3. The van der Waals surface area contributed by atoms with Gasteiger partial charge in [-0.2, -0.15) is 0 Å². The van der Waals surface area contributed by atoms with Crippen molar-refractivity contribution in [1.82, 2.24) is 0 Å². The van der Waals surface area contributed by atoms with Gasteiger partial charge in [0.2, 0.25) is 0 Å². The highest BCUT2D eigenvalue weighted by molar-refractivity contribution is 7.12. The summed E-state index contributed by atoms with van der Waals surface area (Å²) in [5.41, 5.74) is 1.13. The summed E-state index contributed by atoms with van der Waals surface area (Å²) in [6.45, 7) is 7.29. The Morgan fingerprint density at radius 2 is 1.85 bits per heavy atom. The predicted molar refractivity (Wildman–Crippen MR) is 88.0 cm³/mol. The first-order chi connectivity index (χ1) is 9.72. The van der Waals surface area contributed by atoms with E-state index in [1.165, 1.54) is 9.75 Å². The summed E-state index contributed by atoms with van der Waals surface area (Å²) >= 11 is 1.89. The highest BCUT2D eigenvalue weighted by atomic mass is 32.1. The number of ether oxygens (including phenoxy) is 1. The molecule has 3 heteroatoms. The van der Waals surface area contributed by atoms with Gasteiger partial charge in [0.15, 0.2) is 0 Å². The van der Waals surface area contributed by atoms with Gasteiger partial charge in [-0.1, -0.05) is 13.8 Å². The van der Waals surface area contributed by atoms with Crippen LogP contribution >= 0.6 is 11.3 Å². The van der Waals surface area contributed by atoms with E-state index >= 15 is 0 Å². The van der Waals surface area contributed by atoms with Crippen LogP contribution in [0.1, 0.15) is 43.0 Å². The van der Waals surface area contributed by atoms with Crippen LogP contribution in [0.15, 0.2) is 36.4 Å². The van der Waals surface area contributed by atoms with E-state index in [-0.39, 0.29) is 0 Å². The Kier molecular flexibility index (Phi) is 5.48. The molecule has 0 aliphatic rings. The van der Waals surface area contributed by atoms with Gasteiger partial charge in [-0.3, -0.25) is 0 Å². The van der Waals surface area contributed by atoms with Crippen LogP contribution in [0.3, 0.4) is 0 Å². The van der Waals surface area contributed by atoms with Crippen LogP contribution in [0.4, 0.5) is 5.69 Å². The van der Waals surface area contributed by atoms with E-state index in [1.807, 2.05) is 23.5 Å². The topological polar surface area (TPSA) is 21.3 Å². The van der Waals surface area contributed by atoms with Crippen molar-refractivity contribution in [2.24, 2.45) is 0 Å². The molecule has 0 bridgehead atoms. The minimum absolute atomic E-state index is 0.336. The van der Waals surface area contributed by atoms with E-state index < -0.39 is 0 Å². The molecular weight excluding hydrogens is 266 g/mol. The van der Waals surface area contributed by atoms with Crippen LogP contribution in [0.25, 0.3) is 0 Å². The Hall–Kier alpha value is -1.48. The molecule has 0 amide bonds. The van der Waals surface area contributed by atoms with Crippen LogP contribution in [0, 0.1) is 0 Å². The van der Waals surface area contributed by atoms with Crippen LogP contribution in [-0.2, 0) is 6.42 Å². The molecule has 0 spiro atoms. The quantitative estimate of drug-likeness (QED) is 0.749. The van der Waals surface area contributed by atoms with Crippen LogP contribution in [0.2, 0.25) is 0 Å². The van der Waals surface area contributed by atoms with Crippen molar-refractivity contribution >= 4 is 17.0 Å². The fourth-order valence-corrected chi connectivity index (χ4v) is 2.96. The maximum Gasteiger partial charge on any atom is 0.119 e. The predicted octanol–water partition coefficient (Wildman–Crippen LogP) is 5.27. The van der Waals surface area contributed by atoms with E-state index in [4.69, 9.17) is 4.74 Å². The molecule has 1 atom stereocenters. The molecule has 0 saturated carbocycles. The van der Waals surface area contributed by atoms with E-state index in [0.717, 1.165) is 30.9 Å². The Balaban J connectivity index is 1.95. The zero-order valence-electron chi connectivity index (χ0n) is 12.5. The smallest absolute Gasteiger partial charge is 0.119 e. The van der Waals surface area contributed by atoms with Gasteiger partial charge >= 0.3 is 0 Å². The summed E-state index contributed by atoms with van der Waals surface area (Å²) in [7, 11) is 0. The molecule has 1 N–H and O–H groups in total. The second kappa shape index (κ2) is 7.34. The second-order valence-corrected chi connectivity index (χ2v) is 6.10. The summed E-state index contributed by atoms with van der Waals surface area (Å²) in [5, 5.41) is 3.53. The third-order valence-electron chi connectivity index (χ3n) is 3.17. The van der Waals surface area contributed by atoms with Gasteiger partial charge < -0.3 is 10.1 Å². The number of aryl methyl sites for hydroxylation is 1. The van der Waals surface area contributed by atoms with Crippen LogP contribution in [0.5, 0.6) is 5.75 Å². The minimum Gasteiger partial charge on any atom is -0.494 e. The lowest BCUT2D eigenvalue weighted by Gasteiger charge is -2.14. The molecule has 1 aromatic heterocycles. The van der Waals surface area contributed by atoms with E-state index in [0.29, 0.717) is 6.04 Å². The Morgan fingerprint density at radius 3 is 2.45 bits per heavy atom. The zero-order valence-corrected chi connectivity index (χ0v) is 13.3. The van der Waals surface area contributed by atoms with Crippen molar-refractivity contribution in [2.75, 3.05) is 11.9 Å². The molecular formula is C17H23NOS. The molecule has 2 rings (SSSR count). The first-order valence-corrected chi connectivity index (χ1v) is 8.12. The van der Waals surface area contributed by atoms with Gasteiger partial charge in [0.25, 0.3) is 0 Å². The highest BCUT2D eigenvalue weighted by Crippen LogP contribution is 2.27. The largest absolute Gasteiger partial charge is 0.494 e. The maximum absolute atomic E-state index is 5.59. The average molecular weight is 289 g/mol. The number of thiophene rings is 1. The van der Waals surface area contributed by atoms with Gasteiger partial charge in [0.1, 0.15) is 5.75 Å². The summed E-state index contributed by atoms with van der Waals surface area (Å²) < 4.78 is 5.59. The number of benzene rings is 1. The van der Waals surface area contributed by atoms with Gasteiger partial charge in [0, 0.05) is 15.4 Å². The monoisotopic (exact) mass is 289 g/mol. The fourth-order valence-electron chi connectivity index (χ4n) is 2.01. The number of anilines is 1. The number of hydrogen-bond donors (Lipinski definition) is 1. The lowest BCUT2D eigenvalue weighted by Crippen LogP contribution is -2.04. The van der Waals surface area contributed by atoms with E-state index in [9.17, 15) is 0 Å². The molecule has 2 nitrogen and oxygen atoms in total. The van der Waals surface area contributed by atoms with Gasteiger partial charge in [0.05, 0.1) is 12.6 Å². The molecule has 0 fully saturated rings. The molecule has 1 aromatic carbocycles. The minimum atomic E-state index is 0.336. The normalized spacial score (nSPS) is 12.2. The van der Waals surface area contributed by atoms with E-state index in [2.05, 4.69) is 50.4 Å². The summed E-state index contributed by atoms with van der Waals surface area (Å²) in [6, 6.07) is 13.0. The molecule has 1 unspecified atom stereocenters. The first-order valence-electron chi connectivity index (χ1n) is 7.31. The van der Waals surface area contributed by atoms with Crippen LogP contribution in [-0.4, -0.2) is 6.61 Å². The Morgan fingerprint density at radius 1 is 1.10 bits per heavy atom. The molecule has 0 aliphatic heterocycles. The van der Waals surface area contributed by atoms with Gasteiger partial charge in [-0.15, -0.1) is 11.3 Å². The van der Waals surface area contributed by atoms with Gasteiger partial charge in [-0.05, 0) is 56.2 Å². The first kappa shape index (κ1) is 14.9. The summed E-state index contributed by atoms with van der Waals surface area (Å²) in [4.78, 5) is 2.82. The van der Waals surface area contributed by atoms with E-state index in [1.54, 1.807) is 0 Å². The standard InChI is InChI=1S/C17H23NOS/c1-4-12-19-15-8-6-14(7-9-15)18-13(3)17-11-10-16(5-2)20-17/h6-11,13,18H,4-5,12H2,1-3H3. The third kappa shape index (κ3) is 4.01. The Bertz CT molecular complexity index is 518. The van der Waals surface area contributed by atoms with Crippen molar-refractivity contribution in [3.05, 3.63) is 46.2 Å². The summed E-state index contributed by atoms with van der Waals surface area (Å²) in [6.07, 6.45) is 2.15. The molecule has 0 aliphatic carbocycles. The van der Waals surface area contributed by atoms with Crippen molar-refractivity contribution < 1.29 is 4.74 Å². The molecule has 0 saturated heterocycles. The zero-order chi connectivity index (χ0) is 14.4. The van der Waals surface area contributed by atoms with Crippen molar-refractivity contribution in [2.45, 2.75) is 39.7 Å². The maximum atomic E-state index is 5.59. The van der Waals surface area contributed by atoms with Crippen molar-refractivity contribution in [3.8, 4) is 5.75 Å².